The molecule has 0 bridgehead atoms. The van der Waals surface area contributed by atoms with Crippen LogP contribution in [0.1, 0.15) is 10.4 Å². The van der Waals surface area contributed by atoms with E-state index in [0.29, 0.717) is 5.75 Å². The number of rotatable bonds is 9. The summed E-state index contributed by atoms with van der Waals surface area (Å²) >= 11 is 0. The first-order valence-electron chi connectivity index (χ1n) is 8.09. The molecular formula is C18H19N3O6. The molecule has 9 heteroatoms. The van der Waals surface area contributed by atoms with E-state index in [1.807, 2.05) is 18.2 Å². The van der Waals surface area contributed by atoms with E-state index in [1.165, 1.54) is 19.2 Å². The summed E-state index contributed by atoms with van der Waals surface area (Å²) in [6.07, 6.45) is 0. The zero-order valence-corrected chi connectivity index (χ0v) is 14.6. The van der Waals surface area contributed by atoms with Gasteiger partial charge >= 0.3 is 5.97 Å². The lowest BCUT2D eigenvalue weighted by molar-refractivity contribution is -0.384. The first kappa shape index (κ1) is 19.7. The molecule has 0 saturated heterocycles. The van der Waals surface area contributed by atoms with Gasteiger partial charge in [0.25, 0.3) is 11.6 Å². The summed E-state index contributed by atoms with van der Waals surface area (Å²) in [4.78, 5) is 34.1. The lowest BCUT2D eigenvalue weighted by Crippen LogP contribution is -2.32. The first-order valence-corrected chi connectivity index (χ1v) is 8.09. The van der Waals surface area contributed by atoms with Gasteiger partial charge in [-0.05, 0) is 24.3 Å². The fourth-order valence-corrected chi connectivity index (χ4v) is 2.16. The maximum atomic E-state index is 12.0. The Morgan fingerprint density at radius 3 is 2.56 bits per heavy atom. The molecule has 0 aliphatic rings. The van der Waals surface area contributed by atoms with Gasteiger partial charge in [-0.2, -0.15) is 0 Å². The largest absolute Gasteiger partial charge is 0.492 e. The van der Waals surface area contributed by atoms with Crippen molar-refractivity contribution >= 4 is 23.3 Å². The molecule has 0 unspecified atom stereocenters. The number of ether oxygens (including phenoxy) is 2. The van der Waals surface area contributed by atoms with Crippen molar-refractivity contribution in [2.45, 2.75) is 0 Å². The number of nitrogens with one attached hydrogen (secondary N) is 2. The highest BCUT2D eigenvalue weighted by Gasteiger charge is 2.18. The highest BCUT2D eigenvalue weighted by Crippen LogP contribution is 2.25. The van der Waals surface area contributed by atoms with Gasteiger partial charge < -0.3 is 20.1 Å². The van der Waals surface area contributed by atoms with E-state index in [4.69, 9.17) is 9.47 Å². The zero-order chi connectivity index (χ0) is 19.6. The zero-order valence-electron chi connectivity index (χ0n) is 14.6. The predicted octanol–water partition coefficient (Wildman–Crippen LogP) is 1.99. The van der Waals surface area contributed by atoms with Crippen LogP contribution in [0.3, 0.4) is 0 Å². The van der Waals surface area contributed by atoms with E-state index in [1.54, 1.807) is 12.1 Å². The first-order chi connectivity index (χ1) is 13.0. The molecule has 0 atom stereocenters. The maximum absolute atomic E-state index is 12.0. The number of carbonyl (C=O) groups excluding carboxylic acids is 2. The summed E-state index contributed by atoms with van der Waals surface area (Å²) in [7, 11) is 1.53. The van der Waals surface area contributed by atoms with Gasteiger partial charge in [0.2, 0.25) is 0 Å². The Hall–Kier alpha value is -3.62. The van der Waals surface area contributed by atoms with Crippen molar-refractivity contribution in [2.75, 3.05) is 32.1 Å². The van der Waals surface area contributed by atoms with Crippen LogP contribution in [-0.2, 0) is 9.53 Å². The van der Waals surface area contributed by atoms with Crippen LogP contribution < -0.4 is 15.4 Å². The molecule has 0 spiro atoms. The minimum absolute atomic E-state index is 0.0130. The van der Waals surface area contributed by atoms with Crippen molar-refractivity contribution in [3.05, 3.63) is 64.2 Å². The van der Waals surface area contributed by atoms with Crippen molar-refractivity contribution in [1.82, 2.24) is 5.32 Å². The van der Waals surface area contributed by atoms with Crippen LogP contribution in [0.2, 0.25) is 0 Å². The molecule has 0 aliphatic heterocycles. The van der Waals surface area contributed by atoms with Crippen molar-refractivity contribution in [3.63, 3.8) is 0 Å². The Balaban J connectivity index is 1.77. The van der Waals surface area contributed by atoms with Crippen molar-refractivity contribution in [2.24, 2.45) is 0 Å². The number of para-hydroxylation sites is 1. The molecule has 9 nitrogen and oxygen atoms in total. The van der Waals surface area contributed by atoms with Crippen LogP contribution in [0.4, 0.5) is 11.4 Å². The van der Waals surface area contributed by atoms with Gasteiger partial charge in [-0.15, -0.1) is 0 Å². The summed E-state index contributed by atoms with van der Waals surface area (Å²) in [6, 6.07) is 13.0. The summed E-state index contributed by atoms with van der Waals surface area (Å²) in [5.41, 5.74) is 0.00285. The van der Waals surface area contributed by atoms with E-state index in [0.717, 1.165) is 6.07 Å². The minimum Gasteiger partial charge on any atom is -0.492 e. The maximum Gasteiger partial charge on any atom is 0.338 e. The molecule has 1 amide bonds. The van der Waals surface area contributed by atoms with Gasteiger partial charge in [0, 0.05) is 13.1 Å². The van der Waals surface area contributed by atoms with Crippen molar-refractivity contribution in [3.8, 4) is 5.75 Å². The van der Waals surface area contributed by atoms with Crippen LogP contribution in [0.15, 0.2) is 48.5 Å². The van der Waals surface area contributed by atoms with Gasteiger partial charge in [0.15, 0.2) is 6.61 Å². The number of nitro benzene ring substituents is 1. The third-order valence-electron chi connectivity index (χ3n) is 3.47. The molecule has 2 aromatic carbocycles. The third-order valence-corrected chi connectivity index (χ3v) is 3.47. The second-order valence-corrected chi connectivity index (χ2v) is 5.33. The second kappa shape index (κ2) is 9.76. The predicted molar refractivity (Wildman–Crippen MR) is 97.9 cm³/mol. The highest BCUT2D eigenvalue weighted by atomic mass is 16.6. The van der Waals surface area contributed by atoms with Crippen molar-refractivity contribution < 1.29 is 24.0 Å². The lowest BCUT2D eigenvalue weighted by atomic mass is 10.1. The van der Waals surface area contributed by atoms with Crippen LogP contribution in [0.25, 0.3) is 0 Å². The van der Waals surface area contributed by atoms with Crippen LogP contribution in [-0.4, -0.2) is 43.6 Å². The molecule has 2 N–H and O–H groups in total. The van der Waals surface area contributed by atoms with E-state index in [2.05, 4.69) is 10.6 Å². The van der Waals surface area contributed by atoms with Gasteiger partial charge in [-0.1, -0.05) is 18.2 Å². The SMILES string of the molecule is CNc1ccc(C(=O)OCC(=O)NCCOc2ccccc2)cc1[N+](=O)[O-]. The Morgan fingerprint density at radius 2 is 1.89 bits per heavy atom. The van der Waals surface area contributed by atoms with Gasteiger partial charge in [0.1, 0.15) is 18.0 Å². The van der Waals surface area contributed by atoms with Crippen LogP contribution >= 0.6 is 0 Å². The molecular weight excluding hydrogens is 354 g/mol. The molecule has 0 aliphatic carbocycles. The quantitative estimate of drug-likeness (QED) is 0.298. The average molecular weight is 373 g/mol. The second-order valence-electron chi connectivity index (χ2n) is 5.33. The lowest BCUT2D eigenvalue weighted by Gasteiger charge is -2.09. The monoisotopic (exact) mass is 373 g/mol. The number of nitro groups is 1. The number of benzene rings is 2. The Morgan fingerprint density at radius 1 is 1.15 bits per heavy atom. The fraction of sp³-hybridized carbons (Fsp3) is 0.222. The topological polar surface area (TPSA) is 120 Å². The standard InChI is InChI=1S/C18H19N3O6/c1-19-15-8-7-13(11-16(15)21(24)25)18(23)27-12-17(22)20-9-10-26-14-5-3-2-4-6-14/h2-8,11,19H,9-10,12H2,1H3,(H,20,22). The molecule has 0 heterocycles. The molecule has 142 valence electrons. The number of hydrogen-bond acceptors (Lipinski definition) is 7. The van der Waals surface area contributed by atoms with Crippen molar-refractivity contribution in [1.29, 1.82) is 0 Å². The summed E-state index contributed by atoms with van der Waals surface area (Å²) in [6.45, 7) is 0.0146. The van der Waals surface area contributed by atoms with Gasteiger partial charge in [-0.25, -0.2) is 4.79 Å². The molecule has 0 aromatic heterocycles. The fourth-order valence-electron chi connectivity index (χ4n) is 2.16. The molecule has 0 radical (unpaired) electrons. The van der Waals surface area contributed by atoms with Gasteiger partial charge in [0.05, 0.1) is 17.0 Å². The van der Waals surface area contributed by atoms with Crippen LogP contribution in [0.5, 0.6) is 5.75 Å². The Bertz CT molecular complexity index is 810. The smallest absolute Gasteiger partial charge is 0.338 e. The number of carbonyl (C=O) groups is 2. The highest BCUT2D eigenvalue weighted by molar-refractivity contribution is 5.93. The number of esters is 1. The summed E-state index contributed by atoms with van der Waals surface area (Å²) < 4.78 is 10.3. The normalized spacial score (nSPS) is 9.96. The number of nitrogens with zero attached hydrogens (tertiary/aromatic N) is 1. The number of anilines is 1. The molecule has 0 saturated carbocycles. The number of hydrogen-bond donors (Lipinski definition) is 2. The Labute approximate surface area is 155 Å². The van der Waals surface area contributed by atoms with E-state index < -0.39 is 23.4 Å². The molecule has 27 heavy (non-hydrogen) atoms. The number of amides is 1. The molecule has 2 rings (SSSR count). The summed E-state index contributed by atoms with van der Waals surface area (Å²) in [5, 5.41) is 16.2. The van der Waals surface area contributed by atoms with E-state index in [9.17, 15) is 19.7 Å². The third kappa shape index (κ3) is 5.99. The minimum atomic E-state index is -0.823. The van der Waals surface area contributed by atoms with Crippen LogP contribution in [0, 0.1) is 10.1 Å². The molecule has 0 fully saturated rings. The average Bonchev–Trinajstić information content (AvgIpc) is 2.69. The Kier molecular flexibility index (Phi) is 7.12. The van der Waals surface area contributed by atoms with E-state index >= 15 is 0 Å². The van der Waals surface area contributed by atoms with E-state index in [-0.39, 0.29) is 30.1 Å². The molecule has 2 aromatic rings. The van der Waals surface area contributed by atoms with Gasteiger partial charge in [-0.3, -0.25) is 14.9 Å². The summed E-state index contributed by atoms with van der Waals surface area (Å²) in [5.74, 6) is -0.636.